The Balaban J connectivity index is 1.86. The van der Waals surface area contributed by atoms with Gasteiger partial charge in [0.1, 0.15) is 0 Å². The largest absolute Gasteiger partial charge is 0.392 e. The molecule has 2 rings (SSSR count). The second-order valence-corrected chi connectivity index (χ2v) is 4.42. The number of rotatable bonds is 1. The molecule has 0 aliphatic carbocycles. The summed E-state index contributed by atoms with van der Waals surface area (Å²) in [5.74, 6) is 0. The predicted octanol–water partition coefficient (Wildman–Crippen LogP) is -0.185. The molecule has 4 heteroatoms. The van der Waals surface area contributed by atoms with E-state index in [1.165, 1.54) is 0 Å². The van der Waals surface area contributed by atoms with Crippen LogP contribution in [0.5, 0.6) is 0 Å². The lowest BCUT2D eigenvalue weighted by atomic mass is 10.1. The Bertz CT molecular complexity index is 169. The van der Waals surface area contributed by atoms with Crippen LogP contribution in [0.3, 0.4) is 0 Å². The first-order valence-corrected chi connectivity index (χ1v) is 5.61. The van der Waals surface area contributed by atoms with Crippen molar-refractivity contribution in [2.75, 3.05) is 26.2 Å². The molecule has 2 heterocycles. The van der Waals surface area contributed by atoms with E-state index in [0.29, 0.717) is 0 Å². The smallest absolute Gasteiger partial charge is 0.0681 e. The Hall–Kier alpha value is -0.160. The van der Waals surface area contributed by atoms with Gasteiger partial charge in [-0.2, -0.15) is 0 Å². The lowest BCUT2D eigenvalue weighted by Crippen LogP contribution is -2.53. The van der Waals surface area contributed by atoms with Gasteiger partial charge in [0, 0.05) is 26.2 Å². The molecule has 2 saturated heterocycles. The summed E-state index contributed by atoms with van der Waals surface area (Å²) in [6.45, 7) is 3.55. The average molecular weight is 200 g/mol. The SMILES string of the molecule is OC1CCCN(N2CCC[C@@H](O)C2)C1. The molecule has 0 radical (unpaired) electrons. The number of piperidine rings is 2. The molecule has 2 atom stereocenters. The monoisotopic (exact) mass is 200 g/mol. The second kappa shape index (κ2) is 4.57. The van der Waals surface area contributed by atoms with Crippen molar-refractivity contribution in [1.29, 1.82) is 0 Å². The highest BCUT2D eigenvalue weighted by Gasteiger charge is 2.26. The maximum Gasteiger partial charge on any atom is 0.0681 e. The van der Waals surface area contributed by atoms with Crippen LogP contribution in [0, 0.1) is 0 Å². The molecule has 0 amide bonds. The van der Waals surface area contributed by atoms with Crippen molar-refractivity contribution in [1.82, 2.24) is 10.0 Å². The summed E-state index contributed by atoms with van der Waals surface area (Å²) in [6.07, 6.45) is 3.62. The van der Waals surface area contributed by atoms with Crippen molar-refractivity contribution in [3.8, 4) is 0 Å². The first kappa shape index (κ1) is 10.4. The number of aliphatic hydroxyl groups excluding tert-OH is 2. The van der Waals surface area contributed by atoms with E-state index in [1.807, 2.05) is 0 Å². The van der Waals surface area contributed by atoms with E-state index in [0.717, 1.165) is 51.9 Å². The Labute approximate surface area is 85.1 Å². The second-order valence-electron chi connectivity index (χ2n) is 4.42. The molecule has 2 aliphatic rings. The minimum absolute atomic E-state index is 0.178. The molecule has 0 aromatic carbocycles. The zero-order valence-corrected chi connectivity index (χ0v) is 8.60. The number of nitrogens with zero attached hydrogens (tertiary/aromatic N) is 2. The number of hydrazine groups is 1. The van der Waals surface area contributed by atoms with Crippen molar-refractivity contribution in [2.45, 2.75) is 37.9 Å². The van der Waals surface area contributed by atoms with Crippen LogP contribution in [0.2, 0.25) is 0 Å². The molecule has 0 saturated carbocycles. The highest BCUT2D eigenvalue weighted by atomic mass is 16.3. The van der Waals surface area contributed by atoms with Gasteiger partial charge in [0.05, 0.1) is 12.2 Å². The molecule has 0 aromatic rings. The lowest BCUT2D eigenvalue weighted by Gasteiger charge is -2.42. The Kier molecular flexibility index (Phi) is 3.38. The van der Waals surface area contributed by atoms with Crippen LogP contribution in [-0.2, 0) is 0 Å². The molecule has 0 aromatic heterocycles. The maximum absolute atomic E-state index is 9.55. The lowest BCUT2D eigenvalue weighted by molar-refractivity contribution is -0.108. The Morgan fingerprint density at radius 3 is 1.57 bits per heavy atom. The van der Waals surface area contributed by atoms with Crippen LogP contribution >= 0.6 is 0 Å². The van der Waals surface area contributed by atoms with Gasteiger partial charge < -0.3 is 10.2 Å². The van der Waals surface area contributed by atoms with E-state index < -0.39 is 0 Å². The van der Waals surface area contributed by atoms with Crippen molar-refractivity contribution in [3.63, 3.8) is 0 Å². The van der Waals surface area contributed by atoms with Gasteiger partial charge in [0.2, 0.25) is 0 Å². The molecular formula is C10H20N2O2. The van der Waals surface area contributed by atoms with Gasteiger partial charge in [-0.15, -0.1) is 0 Å². The van der Waals surface area contributed by atoms with Crippen molar-refractivity contribution < 1.29 is 10.2 Å². The minimum atomic E-state index is -0.178. The van der Waals surface area contributed by atoms with Gasteiger partial charge in [0.15, 0.2) is 0 Å². The third-order valence-corrected chi connectivity index (χ3v) is 3.15. The number of aliphatic hydroxyl groups is 2. The summed E-state index contributed by atoms with van der Waals surface area (Å²) in [7, 11) is 0. The molecule has 2 fully saturated rings. The topological polar surface area (TPSA) is 46.9 Å². The molecule has 0 bridgehead atoms. The first-order chi connectivity index (χ1) is 6.75. The average Bonchev–Trinajstić information content (AvgIpc) is 2.18. The van der Waals surface area contributed by atoms with Gasteiger partial charge in [-0.05, 0) is 25.7 Å². The number of β-amino-alcohol motifs (C(OH)–C–C–N with tert-alkyl or cyclic N) is 2. The highest BCUT2D eigenvalue weighted by molar-refractivity contribution is 4.75. The van der Waals surface area contributed by atoms with E-state index in [4.69, 9.17) is 0 Å². The third kappa shape index (κ3) is 2.45. The Morgan fingerprint density at radius 2 is 1.21 bits per heavy atom. The summed E-state index contributed by atoms with van der Waals surface area (Å²) in [5.41, 5.74) is 0. The minimum Gasteiger partial charge on any atom is -0.392 e. The summed E-state index contributed by atoms with van der Waals surface area (Å²) >= 11 is 0. The van der Waals surface area contributed by atoms with Gasteiger partial charge in [-0.25, -0.2) is 10.0 Å². The van der Waals surface area contributed by atoms with Crippen LogP contribution in [-0.4, -0.2) is 58.6 Å². The molecule has 2 N–H and O–H groups in total. The van der Waals surface area contributed by atoms with Gasteiger partial charge in [-0.3, -0.25) is 0 Å². The van der Waals surface area contributed by atoms with Crippen LogP contribution in [0.15, 0.2) is 0 Å². The fourth-order valence-corrected chi connectivity index (χ4v) is 2.38. The molecule has 14 heavy (non-hydrogen) atoms. The highest BCUT2D eigenvalue weighted by Crippen LogP contribution is 2.17. The van der Waals surface area contributed by atoms with E-state index in [1.54, 1.807) is 0 Å². The summed E-state index contributed by atoms with van der Waals surface area (Å²) in [6, 6.07) is 0. The van der Waals surface area contributed by atoms with Crippen LogP contribution in [0.1, 0.15) is 25.7 Å². The van der Waals surface area contributed by atoms with Gasteiger partial charge in [-0.1, -0.05) is 0 Å². The van der Waals surface area contributed by atoms with E-state index in [2.05, 4.69) is 10.0 Å². The molecule has 4 nitrogen and oxygen atoms in total. The van der Waals surface area contributed by atoms with Crippen LogP contribution in [0.4, 0.5) is 0 Å². The third-order valence-electron chi connectivity index (χ3n) is 3.15. The quantitative estimate of drug-likeness (QED) is 0.616. The zero-order chi connectivity index (χ0) is 9.97. The zero-order valence-electron chi connectivity index (χ0n) is 8.60. The van der Waals surface area contributed by atoms with Gasteiger partial charge in [0.25, 0.3) is 0 Å². The predicted molar refractivity (Wildman–Crippen MR) is 53.6 cm³/mol. The summed E-state index contributed by atoms with van der Waals surface area (Å²) < 4.78 is 0. The summed E-state index contributed by atoms with van der Waals surface area (Å²) in [5, 5.41) is 23.5. The van der Waals surface area contributed by atoms with Gasteiger partial charge >= 0.3 is 0 Å². The fourth-order valence-electron chi connectivity index (χ4n) is 2.38. The normalized spacial score (nSPS) is 37.3. The Morgan fingerprint density at radius 1 is 0.786 bits per heavy atom. The van der Waals surface area contributed by atoms with E-state index >= 15 is 0 Å². The maximum atomic E-state index is 9.55. The molecule has 1 unspecified atom stereocenters. The first-order valence-electron chi connectivity index (χ1n) is 5.61. The van der Waals surface area contributed by atoms with Crippen LogP contribution in [0.25, 0.3) is 0 Å². The molecule has 0 spiro atoms. The number of hydrogen-bond acceptors (Lipinski definition) is 4. The number of hydrogen-bond donors (Lipinski definition) is 2. The fraction of sp³-hybridized carbons (Fsp3) is 1.00. The molecular weight excluding hydrogens is 180 g/mol. The van der Waals surface area contributed by atoms with Crippen molar-refractivity contribution >= 4 is 0 Å². The standard InChI is InChI=1S/C10H20N2O2/c13-9-3-1-5-11(7-9)12-6-2-4-10(14)8-12/h9-10,13-14H,1-8H2/t9-,10?/m1/s1. The van der Waals surface area contributed by atoms with Crippen molar-refractivity contribution in [3.05, 3.63) is 0 Å². The van der Waals surface area contributed by atoms with Crippen LogP contribution < -0.4 is 0 Å². The van der Waals surface area contributed by atoms with Crippen molar-refractivity contribution in [2.24, 2.45) is 0 Å². The molecule has 82 valence electrons. The summed E-state index contributed by atoms with van der Waals surface area (Å²) in [4.78, 5) is 0. The van der Waals surface area contributed by atoms with E-state index in [9.17, 15) is 10.2 Å². The van der Waals surface area contributed by atoms with E-state index in [-0.39, 0.29) is 12.2 Å². The molecule has 2 aliphatic heterocycles.